The summed E-state index contributed by atoms with van der Waals surface area (Å²) in [6.45, 7) is 7.56. The number of para-hydroxylation sites is 1. The van der Waals surface area contributed by atoms with Gasteiger partial charge in [-0.2, -0.15) is 0 Å². The highest BCUT2D eigenvalue weighted by molar-refractivity contribution is 6.30. The van der Waals surface area contributed by atoms with Gasteiger partial charge in [0.1, 0.15) is 11.6 Å². The predicted octanol–water partition coefficient (Wildman–Crippen LogP) is 8.19. The second-order valence-electron chi connectivity index (χ2n) is 15.8. The Morgan fingerprint density at radius 3 is 2.60 bits per heavy atom. The monoisotopic (exact) mass is 761 g/mol. The summed E-state index contributed by atoms with van der Waals surface area (Å²) in [5, 5.41) is 6.44. The van der Waals surface area contributed by atoms with Crippen molar-refractivity contribution >= 4 is 45.8 Å². The fourth-order valence-corrected chi connectivity index (χ4v) is 9.06. The molecule has 0 bridgehead atoms. The minimum atomic E-state index is -1.29. The van der Waals surface area contributed by atoms with Gasteiger partial charge in [-0.25, -0.2) is 9.37 Å². The van der Waals surface area contributed by atoms with Gasteiger partial charge in [-0.05, 0) is 124 Å². The second-order valence-corrected chi connectivity index (χ2v) is 16.3. The summed E-state index contributed by atoms with van der Waals surface area (Å²) in [5.74, 6) is 0.549. The number of piperidine rings is 1. The molecule has 2 atom stereocenters. The maximum absolute atomic E-state index is 15.0. The van der Waals surface area contributed by atoms with Gasteiger partial charge in [0.25, 0.3) is 11.7 Å². The first-order valence-corrected chi connectivity index (χ1v) is 19.5. The third-order valence-electron chi connectivity index (χ3n) is 12.2. The van der Waals surface area contributed by atoms with Crippen LogP contribution in [0.3, 0.4) is 0 Å². The molecule has 55 heavy (non-hydrogen) atoms. The van der Waals surface area contributed by atoms with Crippen LogP contribution in [0.1, 0.15) is 83.4 Å². The lowest BCUT2D eigenvalue weighted by molar-refractivity contribution is -0.117. The number of likely N-dealkylation sites (tertiary alicyclic amines) is 1. The van der Waals surface area contributed by atoms with E-state index >= 15 is 0 Å². The van der Waals surface area contributed by atoms with Crippen LogP contribution in [0.4, 0.5) is 15.8 Å². The molecular formula is C43H41ClFN5O5. The first-order valence-electron chi connectivity index (χ1n) is 19.1. The van der Waals surface area contributed by atoms with E-state index in [0.29, 0.717) is 46.4 Å². The van der Waals surface area contributed by atoms with E-state index in [1.807, 2.05) is 49.4 Å². The van der Waals surface area contributed by atoms with E-state index in [0.717, 1.165) is 91.0 Å². The fourth-order valence-electron chi connectivity index (χ4n) is 8.90. The van der Waals surface area contributed by atoms with Gasteiger partial charge in [0.2, 0.25) is 5.91 Å². The molecule has 1 aliphatic carbocycles. The number of hydrogen-bond acceptors (Lipinski definition) is 7. The SMILES string of the molecule is Cc1cc(NC(=O)c2ccc3c(c2)nc(CN2CCC(c4cccc5c4OC(C)(c4ccc(Cl)cc4F)O5)CC2)n3C[C@@H]2CCO2)cc2c1NC(=O)C21CC1. The molecule has 5 aromatic rings. The number of amides is 2. The van der Waals surface area contributed by atoms with Crippen molar-refractivity contribution in [3.05, 3.63) is 111 Å². The lowest BCUT2D eigenvalue weighted by atomic mass is 9.88. The van der Waals surface area contributed by atoms with Crippen molar-refractivity contribution in [2.24, 2.45) is 0 Å². The number of anilines is 2. The summed E-state index contributed by atoms with van der Waals surface area (Å²) in [5.41, 5.74) is 6.69. The van der Waals surface area contributed by atoms with Crippen LogP contribution >= 0.6 is 11.6 Å². The van der Waals surface area contributed by atoms with Crippen molar-refractivity contribution < 1.29 is 28.2 Å². The van der Waals surface area contributed by atoms with Crippen LogP contribution in [0.5, 0.6) is 11.5 Å². The van der Waals surface area contributed by atoms with E-state index in [9.17, 15) is 14.0 Å². The number of carbonyl (C=O) groups excluding carboxylic acids is 2. The van der Waals surface area contributed by atoms with Crippen LogP contribution in [-0.4, -0.2) is 52.1 Å². The largest absolute Gasteiger partial charge is 0.444 e. The Kier molecular flexibility index (Phi) is 8.03. The third-order valence-corrected chi connectivity index (χ3v) is 12.5. The average molecular weight is 762 g/mol. The van der Waals surface area contributed by atoms with Crippen molar-refractivity contribution in [1.29, 1.82) is 0 Å². The van der Waals surface area contributed by atoms with Crippen LogP contribution in [0.25, 0.3) is 11.0 Å². The van der Waals surface area contributed by atoms with Gasteiger partial charge >= 0.3 is 0 Å². The van der Waals surface area contributed by atoms with Gasteiger partial charge in [0.05, 0.1) is 41.2 Å². The number of aryl methyl sites for hydroxylation is 1. The summed E-state index contributed by atoms with van der Waals surface area (Å²) < 4.78 is 35.7. The fraction of sp³-hybridized carbons (Fsp3) is 0.372. The maximum Gasteiger partial charge on any atom is 0.278 e. The Morgan fingerprint density at radius 2 is 1.85 bits per heavy atom. The molecule has 10 rings (SSSR count). The van der Waals surface area contributed by atoms with E-state index in [2.05, 4.69) is 26.2 Å². The lowest BCUT2D eigenvalue weighted by Crippen LogP contribution is -2.35. The van der Waals surface area contributed by atoms with Crippen LogP contribution < -0.4 is 20.1 Å². The molecule has 5 aliphatic rings. The van der Waals surface area contributed by atoms with Crippen LogP contribution in [0.2, 0.25) is 5.02 Å². The number of ether oxygens (including phenoxy) is 3. The van der Waals surface area contributed by atoms with Crippen LogP contribution in [-0.2, 0) is 33.8 Å². The number of fused-ring (bicyclic) bond motifs is 4. The third kappa shape index (κ3) is 5.86. The highest BCUT2D eigenvalue weighted by Gasteiger charge is 2.56. The van der Waals surface area contributed by atoms with E-state index in [1.54, 1.807) is 19.1 Å². The quantitative estimate of drug-likeness (QED) is 0.164. The highest BCUT2D eigenvalue weighted by Crippen LogP contribution is 2.56. The molecule has 5 heterocycles. The van der Waals surface area contributed by atoms with Gasteiger partial charge in [0.15, 0.2) is 11.5 Å². The lowest BCUT2D eigenvalue weighted by Gasteiger charge is -2.33. The number of halogens is 2. The topological polar surface area (TPSA) is 107 Å². The molecule has 2 N–H and O–H groups in total. The van der Waals surface area contributed by atoms with Gasteiger partial charge in [-0.15, -0.1) is 0 Å². The molecule has 4 aromatic carbocycles. The second kappa shape index (κ2) is 12.8. The molecule has 1 aromatic heterocycles. The standard InChI is InChI=1S/C43H41ClFN5O5/c1-24-18-28(21-32-38(24)48-41(52)43(32)13-14-43)46-40(51)26-6-9-35-34(19-26)47-37(50(35)22-29-12-17-53-29)23-49-15-10-25(11-16-49)30-4-3-5-36-39(30)55-42(2,54-36)31-8-7-27(44)20-33(31)45/h3-9,18-21,25,29H,10-17,22-23H2,1-2H3,(H,46,51)(H,48,52)/t29-,42?/m0/s1. The average Bonchev–Trinajstić information content (AvgIpc) is 3.68. The van der Waals surface area contributed by atoms with Crippen molar-refractivity contribution in [2.75, 3.05) is 30.3 Å². The summed E-state index contributed by atoms with van der Waals surface area (Å²) in [6, 6.07) is 20.0. The summed E-state index contributed by atoms with van der Waals surface area (Å²) in [6.07, 6.45) is 4.64. The molecule has 4 aliphatic heterocycles. The zero-order valence-electron chi connectivity index (χ0n) is 30.7. The van der Waals surface area contributed by atoms with Crippen LogP contribution in [0.15, 0.2) is 66.7 Å². The normalized spacial score (nSPS) is 22.5. The van der Waals surface area contributed by atoms with Gasteiger partial charge in [-0.3, -0.25) is 14.5 Å². The zero-order chi connectivity index (χ0) is 37.6. The molecule has 2 amide bonds. The summed E-state index contributed by atoms with van der Waals surface area (Å²) in [4.78, 5) is 33.8. The Morgan fingerprint density at radius 1 is 1.04 bits per heavy atom. The molecule has 1 saturated carbocycles. The molecule has 3 fully saturated rings. The Hall–Kier alpha value is -4.97. The van der Waals surface area contributed by atoms with Crippen molar-refractivity contribution in [3.63, 3.8) is 0 Å². The number of rotatable bonds is 8. The molecule has 0 radical (unpaired) electrons. The molecular weight excluding hydrogens is 721 g/mol. The number of nitrogens with one attached hydrogen (secondary N) is 2. The van der Waals surface area contributed by atoms with Crippen LogP contribution in [0, 0.1) is 12.7 Å². The summed E-state index contributed by atoms with van der Waals surface area (Å²) >= 11 is 6.02. The first kappa shape index (κ1) is 34.5. The molecule has 10 nitrogen and oxygen atoms in total. The van der Waals surface area contributed by atoms with Gasteiger partial charge in [0, 0.05) is 41.1 Å². The number of nitrogens with zero attached hydrogens (tertiary/aromatic N) is 3. The van der Waals surface area contributed by atoms with Gasteiger partial charge in [-0.1, -0.05) is 23.7 Å². The highest BCUT2D eigenvalue weighted by atomic mass is 35.5. The minimum Gasteiger partial charge on any atom is -0.444 e. The van der Waals surface area contributed by atoms with E-state index < -0.39 is 17.0 Å². The first-order chi connectivity index (χ1) is 26.6. The Bertz CT molecular complexity index is 2420. The maximum atomic E-state index is 15.0. The molecule has 12 heteroatoms. The van der Waals surface area contributed by atoms with Crippen molar-refractivity contribution in [2.45, 2.75) is 82.3 Å². The van der Waals surface area contributed by atoms with E-state index in [-0.39, 0.29) is 23.8 Å². The Labute approximate surface area is 322 Å². The number of hydrogen-bond donors (Lipinski definition) is 2. The van der Waals surface area contributed by atoms with E-state index in [1.165, 1.54) is 6.07 Å². The summed E-state index contributed by atoms with van der Waals surface area (Å²) in [7, 11) is 0. The number of aromatic nitrogens is 2. The molecule has 282 valence electrons. The van der Waals surface area contributed by atoms with Crippen molar-refractivity contribution in [3.8, 4) is 11.5 Å². The number of carbonyl (C=O) groups is 2. The number of benzene rings is 4. The molecule has 1 unspecified atom stereocenters. The molecule has 1 spiro atoms. The zero-order valence-corrected chi connectivity index (χ0v) is 31.5. The smallest absolute Gasteiger partial charge is 0.278 e. The molecule has 2 saturated heterocycles. The number of imidazole rings is 1. The van der Waals surface area contributed by atoms with Crippen molar-refractivity contribution in [1.82, 2.24) is 14.5 Å². The van der Waals surface area contributed by atoms with E-state index in [4.69, 9.17) is 30.8 Å². The minimum absolute atomic E-state index is 0.0591. The predicted molar refractivity (Wildman–Crippen MR) is 206 cm³/mol. The Balaban J connectivity index is 0.852. The van der Waals surface area contributed by atoms with Gasteiger partial charge < -0.3 is 29.4 Å².